The minimum absolute atomic E-state index is 0.309. The molecule has 3 aromatic rings. The Hall–Kier alpha value is -3.21. The van der Waals surface area contributed by atoms with Crippen molar-refractivity contribution < 1.29 is 9.90 Å². The van der Waals surface area contributed by atoms with Crippen LogP contribution in [-0.2, 0) is 13.0 Å². The van der Waals surface area contributed by atoms with E-state index in [4.69, 9.17) is 10.1 Å². The number of hydrogen-bond donors (Lipinski definition) is 1. The predicted molar refractivity (Wildman–Crippen MR) is 120 cm³/mol. The molecule has 0 fully saturated rings. The van der Waals surface area contributed by atoms with Gasteiger partial charge in [-0.2, -0.15) is 5.10 Å². The summed E-state index contributed by atoms with van der Waals surface area (Å²) in [6.07, 6.45) is 7.02. The summed E-state index contributed by atoms with van der Waals surface area (Å²) in [5, 5.41) is 14.2. The molecule has 0 spiro atoms. The zero-order valence-electron chi connectivity index (χ0n) is 17.9. The standard InChI is InChI=1S/C25H29N3O2/c1-4-5-10-24-26-23(16-11-18(2)3)27-28(24)17-19-12-14-20(15-13-19)21-8-6-7-9-22(21)25(29)30/h5-10,12-15,18H,4,11,16-17H2,1-3H3,(H,29,30)/b10-5+. The van der Waals surface area contributed by atoms with Crippen LogP contribution >= 0.6 is 0 Å². The molecule has 0 aliphatic heterocycles. The lowest BCUT2D eigenvalue weighted by Crippen LogP contribution is -2.05. The van der Waals surface area contributed by atoms with Gasteiger partial charge in [0, 0.05) is 6.42 Å². The number of carbonyl (C=O) groups is 1. The van der Waals surface area contributed by atoms with E-state index in [2.05, 4.69) is 26.8 Å². The monoisotopic (exact) mass is 403 g/mol. The summed E-state index contributed by atoms with van der Waals surface area (Å²) in [6, 6.07) is 15.1. The van der Waals surface area contributed by atoms with Crippen molar-refractivity contribution in [2.24, 2.45) is 5.92 Å². The smallest absolute Gasteiger partial charge is 0.336 e. The molecule has 0 saturated heterocycles. The van der Waals surface area contributed by atoms with E-state index in [1.165, 1.54) is 0 Å². The van der Waals surface area contributed by atoms with Gasteiger partial charge in [0.15, 0.2) is 11.6 Å². The summed E-state index contributed by atoms with van der Waals surface area (Å²) >= 11 is 0. The molecular formula is C25H29N3O2. The van der Waals surface area contributed by atoms with Gasteiger partial charge in [0.2, 0.25) is 0 Å². The highest BCUT2D eigenvalue weighted by Gasteiger charge is 2.12. The molecule has 0 bridgehead atoms. The van der Waals surface area contributed by atoms with Crippen LogP contribution in [0.1, 0.15) is 61.2 Å². The zero-order chi connectivity index (χ0) is 21.5. The molecule has 1 aromatic heterocycles. The fourth-order valence-electron chi connectivity index (χ4n) is 3.27. The highest BCUT2D eigenvalue weighted by Crippen LogP contribution is 2.24. The maximum atomic E-state index is 11.5. The highest BCUT2D eigenvalue weighted by molar-refractivity contribution is 5.95. The number of carboxylic acids is 1. The van der Waals surface area contributed by atoms with Gasteiger partial charge in [0.25, 0.3) is 0 Å². The van der Waals surface area contributed by atoms with Gasteiger partial charge < -0.3 is 5.11 Å². The second-order valence-corrected chi connectivity index (χ2v) is 7.83. The molecule has 5 heteroatoms. The average Bonchev–Trinajstić information content (AvgIpc) is 3.12. The van der Waals surface area contributed by atoms with Crippen LogP contribution in [0.4, 0.5) is 0 Å². The molecule has 5 nitrogen and oxygen atoms in total. The van der Waals surface area contributed by atoms with Gasteiger partial charge >= 0.3 is 5.97 Å². The highest BCUT2D eigenvalue weighted by atomic mass is 16.4. The van der Waals surface area contributed by atoms with E-state index >= 15 is 0 Å². The summed E-state index contributed by atoms with van der Waals surface area (Å²) in [5.74, 6) is 1.45. The molecule has 3 rings (SSSR count). The number of benzene rings is 2. The van der Waals surface area contributed by atoms with Crippen LogP contribution in [-0.4, -0.2) is 25.8 Å². The van der Waals surface area contributed by atoms with E-state index in [0.29, 0.717) is 18.0 Å². The van der Waals surface area contributed by atoms with E-state index in [-0.39, 0.29) is 0 Å². The Bertz CT molecular complexity index is 1020. The van der Waals surface area contributed by atoms with E-state index in [9.17, 15) is 9.90 Å². The van der Waals surface area contributed by atoms with Gasteiger partial charge in [-0.3, -0.25) is 0 Å². The van der Waals surface area contributed by atoms with Crippen molar-refractivity contribution in [1.29, 1.82) is 0 Å². The fraction of sp³-hybridized carbons (Fsp3) is 0.320. The maximum absolute atomic E-state index is 11.5. The number of allylic oxidation sites excluding steroid dienone is 1. The van der Waals surface area contributed by atoms with Crippen molar-refractivity contribution in [1.82, 2.24) is 14.8 Å². The van der Waals surface area contributed by atoms with Gasteiger partial charge in [0.1, 0.15) is 0 Å². The Morgan fingerprint density at radius 1 is 1.13 bits per heavy atom. The number of aromatic carboxylic acids is 1. The first kappa shape index (κ1) is 21.5. The molecule has 1 heterocycles. The first-order valence-electron chi connectivity index (χ1n) is 10.5. The number of aryl methyl sites for hydroxylation is 1. The van der Waals surface area contributed by atoms with Crippen LogP contribution < -0.4 is 0 Å². The second-order valence-electron chi connectivity index (χ2n) is 7.83. The number of aromatic nitrogens is 3. The summed E-state index contributed by atoms with van der Waals surface area (Å²) in [4.78, 5) is 16.2. The lowest BCUT2D eigenvalue weighted by Gasteiger charge is -2.08. The molecule has 2 aromatic carbocycles. The summed E-state index contributed by atoms with van der Waals surface area (Å²) in [6.45, 7) is 7.14. The maximum Gasteiger partial charge on any atom is 0.336 e. The topological polar surface area (TPSA) is 68.0 Å². The summed E-state index contributed by atoms with van der Waals surface area (Å²) in [7, 11) is 0. The molecule has 156 valence electrons. The van der Waals surface area contributed by atoms with Crippen molar-refractivity contribution in [3.05, 3.63) is 77.4 Å². The average molecular weight is 404 g/mol. The van der Waals surface area contributed by atoms with Gasteiger partial charge in [-0.15, -0.1) is 0 Å². The van der Waals surface area contributed by atoms with E-state index in [0.717, 1.165) is 47.6 Å². The number of carboxylic acid groups (broad SMARTS) is 1. The van der Waals surface area contributed by atoms with Crippen molar-refractivity contribution in [3.63, 3.8) is 0 Å². The van der Waals surface area contributed by atoms with Crippen LogP contribution in [0.2, 0.25) is 0 Å². The minimum Gasteiger partial charge on any atom is -0.478 e. The summed E-state index contributed by atoms with van der Waals surface area (Å²) < 4.78 is 1.95. The molecule has 0 aliphatic carbocycles. The van der Waals surface area contributed by atoms with Crippen LogP contribution in [0.15, 0.2) is 54.6 Å². The molecule has 0 atom stereocenters. The Morgan fingerprint density at radius 3 is 2.53 bits per heavy atom. The van der Waals surface area contributed by atoms with Crippen molar-refractivity contribution in [2.45, 2.75) is 46.6 Å². The molecule has 30 heavy (non-hydrogen) atoms. The first-order valence-corrected chi connectivity index (χ1v) is 10.5. The van der Waals surface area contributed by atoms with Crippen LogP contribution in [0.5, 0.6) is 0 Å². The van der Waals surface area contributed by atoms with Crippen molar-refractivity contribution >= 4 is 12.0 Å². The van der Waals surface area contributed by atoms with Crippen LogP contribution in [0, 0.1) is 5.92 Å². The van der Waals surface area contributed by atoms with Crippen molar-refractivity contribution in [2.75, 3.05) is 0 Å². The minimum atomic E-state index is -0.918. The van der Waals surface area contributed by atoms with E-state index in [1.807, 2.05) is 47.2 Å². The third-order valence-corrected chi connectivity index (χ3v) is 4.95. The number of nitrogens with zero attached hydrogens (tertiary/aromatic N) is 3. The lowest BCUT2D eigenvalue weighted by atomic mass is 9.99. The predicted octanol–water partition coefficient (Wildman–Crippen LogP) is 5.70. The Balaban J connectivity index is 1.83. The normalized spacial score (nSPS) is 11.5. The molecule has 0 saturated carbocycles. The first-order chi connectivity index (χ1) is 14.5. The Kier molecular flexibility index (Phi) is 7.17. The molecule has 0 amide bonds. The zero-order valence-corrected chi connectivity index (χ0v) is 17.9. The fourth-order valence-corrected chi connectivity index (χ4v) is 3.27. The third-order valence-electron chi connectivity index (χ3n) is 4.95. The number of rotatable bonds is 9. The van der Waals surface area contributed by atoms with Gasteiger partial charge in [-0.1, -0.05) is 69.3 Å². The largest absolute Gasteiger partial charge is 0.478 e. The Morgan fingerprint density at radius 2 is 1.87 bits per heavy atom. The van der Waals surface area contributed by atoms with Gasteiger partial charge in [-0.25, -0.2) is 14.5 Å². The van der Waals surface area contributed by atoms with Gasteiger partial charge in [-0.05, 0) is 47.6 Å². The third kappa shape index (κ3) is 5.44. The quantitative estimate of drug-likeness (QED) is 0.497. The molecule has 0 radical (unpaired) electrons. The second kappa shape index (κ2) is 10.0. The van der Waals surface area contributed by atoms with Crippen molar-refractivity contribution in [3.8, 4) is 11.1 Å². The van der Waals surface area contributed by atoms with E-state index < -0.39 is 5.97 Å². The van der Waals surface area contributed by atoms with E-state index in [1.54, 1.807) is 12.1 Å². The lowest BCUT2D eigenvalue weighted by molar-refractivity contribution is 0.0697. The van der Waals surface area contributed by atoms with Gasteiger partial charge in [0.05, 0.1) is 12.1 Å². The number of hydrogen-bond acceptors (Lipinski definition) is 3. The molecule has 1 N–H and O–H groups in total. The van der Waals surface area contributed by atoms with Crippen LogP contribution in [0.3, 0.4) is 0 Å². The Labute approximate surface area is 178 Å². The molecule has 0 unspecified atom stereocenters. The molecular weight excluding hydrogens is 374 g/mol. The summed E-state index contributed by atoms with van der Waals surface area (Å²) in [5.41, 5.74) is 3.01. The molecule has 0 aliphatic rings. The van der Waals surface area contributed by atoms with Crippen LogP contribution in [0.25, 0.3) is 17.2 Å². The SMILES string of the molecule is CC/C=C/c1nc(CCC(C)C)nn1Cc1ccc(-c2ccccc2C(=O)O)cc1.